The Morgan fingerprint density at radius 1 is 1.19 bits per heavy atom. The second-order valence-corrected chi connectivity index (χ2v) is 5.80. The van der Waals surface area contributed by atoms with Crippen molar-refractivity contribution >= 4 is 5.91 Å². The summed E-state index contributed by atoms with van der Waals surface area (Å²) >= 11 is 0. The summed E-state index contributed by atoms with van der Waals surface area (Å²) in [6, 6.07) is 7.53. The van der Waals surface area contributed by atoms with Gasteiger partial charge in [0.2, 0.25) is 0 Å². The molecule has 0 aliphatic heterocycles. The molecular weight excluding hydrogens is 262 g/mol. The minimum absolute atomic E-state index is 0.0635. The molecule has 0 bridgehead atoms. The van der Waals surface area contributed by atoms with Crippen molar-refractivity contribution in [3.63, 3.8) is 0 Å². The van der Waals surface area contributed by atoms with Crippen LogP contribution in [0.4, 0.5) is 0 Å². The highest BCUT2D eigenvalue weighted by atomic mass is 16.2. The topological polar surface area (TPSA) is 40.5 Å². The Kier molecular flexibility index (Phi) is 6.98. The first-order valence-corrected chi connectivity index (χ1v) is 7.46. The van der Waals surface area contributed by atoms with Crippen molar-refractivity contribution in [2.24, 2.45) is 5.92 Å². The van der Waals surface area contributed by atoms with Crippen LogP contribution in [0.3, 0.4) is 0 Å². The molecule has 0 fully saturated rings. The van der Waals surface area contributed by atoms with Crippen LogP contribution in [0.1, 0.15) is 50.0 Å². The average molecular weight is 287 g/mol. The highest BCUT2D eigenvalue weighted by Crippen LogP contribution is 2.12. The van der Waals surface area contributed by atoms with Gasteiger partial charge in [-0.05, 0) is 44.0 Å². The van der Waals surface area contributed by atoms with Gasteiger partial charge in [-0.2, -0.15) is 0 Å². The molecule has 1 aromatic rings. The van der Waals surface area contributed by atoms with E-state index in [0.717, 1.165) is 12.1 Å². The maximum Gasteiger partial charge on any atom is 0.254 e. The van der Waals surface area contributed by atoms with Crippen LogP contribution >= 0.6 is 0 Å². The molecule has 0 aliphatic carbocycles. The second kappa shape index (κ2) is 8.49. The van der Waals surface area contributed by atoms with E-state index in [0.29, 0.717) is 17.9 Å². The summed E-state index contributed by atoms with van der Waals surface area (Å²) in [5, 5.41) is 8.69. The Morgan fingerprint density at radius 2 is 1.81 bits per heavy atom. The molecule has 1 rings (SSSR count). The molecule has 3 heteroatoms. The molecule has 0 atom stereocenters. The Balaban J connectivity index is 2.85. The Bertz CT molecular complexity index is 506. The molecule has 0 aromatic heterocycles. The Morgan fingerprint density at radius 3 is 2.29 bits per heavy atom. The van der Waals surface area contributed by atoms with Gasteiger partial charge < -0.3 is 10.0 Å². The van der Waals surface area contributed by atoms with E-state index in [1.165, 1.54) is 0 Å². The molecule has 0 heterocycles. The number of carbonyl (C=O) groups is 1. The SMILES string of the molecule is CC(C)CN(C(=O)c1ccc(C#CCCO)cc1)C(C)C. The van der Waals surface area contributed by atoms with E-state index in [1.807, 2.05) is 43.0 Å². The number of amides is 1. The number of carbonyl (C=O) groups excluding carboxylic acids is 1. The van der Waals surface area contributed by atoms with Crippen LogP contribution in [0, 0.1) is 17.8 Å². The van der Waals surface area contributed by atoms with Gasteiger partial charge >= 0.3 is 0 Å². The molecular formula is C18H25NO2. The number of aliphatic hydroxyl groups excluding tert-OH is 1. The molecule has 0 radical (unpaired) electrons. The maximum absolute atomic E-state index is 12.6. The number of benzene rings is 1. The van der Waals surface area contributed by atoms with E-state index in [2.05, 4.69) is 25.7 Å². The van der Waals surface area contributed by atoms with Gasteiger partial charge in [-0.25, -0.2) is 0 Å². The van der Waals surface area contributed by atoms with Crippen LogP contribution in [-0.2, 0) is 0 Å². The van der Waals surface area contributed by atoms with Crippen LogP contribution in [0.25, 0.3) is 0 Å². The smallest absolute Gasteiger partial charge is 0.254 e. The van der Waals surface area contributed by atoms with Crippen LogP contribution in [0.15, 0.2) is 24.3 Å². The normalized spacial score (nSPS) is 10.4. The van der Waals surface area contributed by atoms with Crippen LogP contribution in [-0.4, -0.2) is 35.1 Å². The molecule has 21 heavy (non-hydrogen) atoms. The van der Waals surface area contributed by atoms with E-state index in [-0.39, 0.29) is 18.6 Å². The van der Waals surface area contributed by atoms with Gasteiger partial charge in [0.05, 0.1) is 6.61 Å². The molecule has 3 nitrogen and oxygen atoms in total. The highest BCUT2D eigenvalue weighted by molar-refractivity contribution is 5.94. The minimum Gasteiger partial charge on any atom is -0.395 e. The first-order chi connectivity index (χ1) is 9.95. The number of hydrogen-bond donors (Lipinski definition) is 1. The lowest BCUT2D eigenvalue weighted by atomic mass is 10.1. The quantitative estimate of drug-likeness (QED) is 0.846. The van der Waals surface area contributed by atoms with Crippen LogP contribution in [0.2, 0.25) is 0 Å². The molecule has 114 valence electrons. The zero-order valence-electron chi connectivity index (χ0n) is 13.4. The van der Waals surface area contributed by atoms with Gasteiger partial charge in [0.15, 0.2) is 0 Å². The molecule has 0 saturated carbocycles. The van der Waals surface area contributed by atoms with Crippen molar-refractivity contribution in [3.05, 3.63) is 35.4 Å². The van der Waals surface area contributed by atoms with Crippen molar-refractivity contribution < 1.29 is 9.90 Å². The lowest BCUT2D eigenvalue weighted by Gasteiger charge is -2.28. The van der Waals surface area contributed by atoms with E-state index in [9.17, 15) is 4.79 Å². The first-order valence-electron chi connectivity index (χ1n) is 7.46. The predicted molar refractivity (Wildman–Crippen MR) is 86.0 cm³/mol. The molecule has 1 N–H and O–H groups in total. The lowest BCUT2D eigenvalue weighted by molar-refractivity contribution is 0.0682. The van der Waals surface area contributed by atoms with E-state index >= 15 is 0 Å². The molecule has 1 amide bonds. The van der Waals surface area contributed by atoms with E-state index < -0.39 is 0 Å². The summed E-state index contributed by atoms with van der Waals surface area (Å²) in [7, 11) is 0. The summed E-state index contributed by atoms with van der Waals surface area (Å²) in [6.07, 6.45) is 0.468. The zero-order chi connectivity index (χ0) is 15.8. The number of aliphatic hydroxyl groups is 1. The fraction of sp³-hybridized carbons (Fsp3) is 0.500. The van der Waals surface area contributed by atoms with E-state index in [1.54, 1.807) is 0 Å². The van der Waals surface area contributed by atoms with Gasteiger partial charge in [-0.1, -0.05) is 25.7 Å². The molecule has 0 unspecified atom stereocenters. The minimum atomic E-state index is 0.0635. The van der Waals surface area contributed by atoms with Gasteiger partial charge in [-0.15, -0.1) is 0 Å². The van der Waals surface area contributed by atoms with E-state index in [4.69, 9.17) is 5.11 Å². The standard InChI is InChI=1S/C18H25NO2/c1-14(2)13-19(15(3)4)18(21)17-10-8-16(9-11-17)7-5-6-12-20/h8-11,14-15,20H,6,12-13H2,1-4H3. The largest absolute Gasteiger partial charge is 0.395 e. The van der Waals surface area contributed by atoms with Gasteiger partial charge in [0.25, 0.3) is 5.91 Å². The van der Waals surface area contributed by atoms with Crippen molar-refractivity contribution in [2.45, 2.75) is 40.2 Å². The van der Waals surface area contributed by atoms with Crippen molar-refractivity contribution in [1.29, 1.82) is 0 Å². The Labute approximate surface area is 128 Å². The molecule has 1 aromatic carbocycles. The van der Waals surface area contributed by atoms with Gasteiger partial charge in [-0.3, -0.25) is 4.79 Å². The lowest BCUT2D eigenvalue weighted by Crippen LogP contribution is -2.39. The fourth-order valence-electron chi connectivity index (χ4n) is 2.00. The Hall–Kier alpha value is -1.79. The summed E-state index contributed by atoms with van der Waals surface area (Å²) in [4.78, 5) is 14.5. The summed E-state index contributed by atoms with van der Waals surface area (Å²) < 4.78 is 0. The molecule has 0 spiro atoms. The zero-order valence-corrected chi connectivity index (χ0v) is 13.4. The number of rotatable bonds is 5. The number of nitrogens with zero attached hydrogens (tertiary/aromatic N) is 1. The van der Waals surface area contributed by atoms with Crippen LogP contribution < -0.4 is 0 Å². The van der Waals surface area contributed by atoms with Crippen molar-refractivity contribution in [1.82, 2.24) is 4.90 Å². The second-order valence-electron chi connectivity index (χ2n) is 5.80. The third-order valence-electron chi connectivity index (χ3n) is 3.05. The van der Waals surface area contributed by atoms with Gasteiger partial charge in [0, 0.05) is 30.1 Å². The molecule has 0 saturated heterocycles. The summed E-state index contributed by atoms with van der Waals surface area (Å²) in [6.45, 7) is 9.13. The summed E-state index contributed by atoms with van der Waals surface area (Å²) in [5.74, 6) is 6.34. The average Bonchev–Trinajstić information content (AvgIpc) is 2.44. The third-order valence-corrected chi connectivity index (χ3v) is 3.05. The third kappa shape index (κ3) is 5.61. The molecule has 0 aliphatic rings. The number of hydrogen-bond acceptors (Lipinski definition) is 2. The summed E-state index contributed by atoms with van der Waals surface area (Å²) in [5.41, 5.74) is 1.55. The highest BCUT2D eigenvalue weighted by Gasteiger charge is 2.19. The van der Waals surface area contributed by atoms with Crippen molar-refractivity contribution in [2.75, 3.05) is 13.2 Å². The predicted octanol–water partition coefficient (Wildman–Crippen LogP) is 2.93. The van der Waals surface area contributed by atoms with Gasteiger partial charge in [0.1, 0.15) is 0 Å². The monoisotopic (exact) mass is 287 g/mol. The maximum atomic E-state index is 12.6. The van der Waals surface area contributed by atoms with Crippen molar-refractivity contribution in [3.8, 4) is 11.8 Å². The fourth-order valence-corrected chi connectivity index (χ4v) is 2.00. The van der Waals surface area contributed by atoms with Crippen LogP contribution in [0.5, 0.6) is 0 Å². The first kappa shape index (κ1) is 17.3.